The van der Waals surface area contributed by atoms with Crippen molar-refractivity contribution in [3.05, 3.63) is 0 Å². The lowest BCUT2D eigenvalue weighted by atomic mass is 10.1. The number of carbonyl (C=O) groups excluding carboxylic acids is 1. The smallest absolute Gasteiger partial charge is 0.366 e. The fourth-order valence-corrected chi connectivity index (χ4v) is 0.827. The van der Waals surface area contributed by atoms with E-state index in [9.17, 15) is 9.90 Å². The number of hydrogen-bond donors (Lipinski definition) is 1. The van der Waals surface area contributed by atoms with E-state index in [4.69, 9.17) is 4.74 Å². The highest BCUT2D eigenvalue weighted by Gasteiger charge is 2.36. The van der Waals surface area contributed by atoms with Crippen LogP contribution in [0.4, 0.5) is 0 Å². The van der Waals surface area contributed by atoms with Crippen molar-refractivity contribution in [1.82, 2.24) is 0 Å². The molecule has 0 aliphatic rings. The Labute approximate surface area is 72.5 Å². The minimum atomic E-state index is -1.87. The third-order valence-electron chi connectivity index (χ3n) is 1.07. The summed E-state index contributed by atoms with van der Waals surface area (Å²) in [6.45, 7) is 6.48. The first-order valence-electron chi connectivity index (χ1n) is 3.70. The summed E-state index contributed by atoms with van der Waals surface area (Å²) in [5.41, 5.74) is -0.586. The molecule has 1 atom stereocenters. The molecular weight excluding hydrogens is 160 g/mol. The molecule has 12 heavy (non-hydrogen) atoms. The zero-order valence-electron chi connectivity index (χ0n) is 8.17. The molecule has 1 unspecified atom stereocenters. The molecule has 0 saturated heterocycles. The highest BCUT2D eigenvalue weighted by molar-refractivity contribution is 5.76. The van der Waals surface area contributed by atoms with E-state index in [1.54, 1.807) is 20.8 Å². The summed E-state index contributed by atoms with van der Waals surface area (Å²) in [5, 5.41) is 9.42. The highest BCUT2D eigenvalue weighted by Crippen LogP contribution is 2.18. The van der Waals surface area contributed by atoms with Crippen LogP contribution in [0.25, 0.3) is 0 Å². The Morgan fingerprint density at radius 1 is 1.25 bits per heavy atom. The van der Waals surface area contributed by atoms with Crippen LogP contribution >= 0.6 is 0 Å². The highest BCUT2D eigenvalue weighted by atomic mass is 16.7. The molecule has 0 amide bonds. The van der Waals surface area contributed by atoms with Crippen LogP contribution in [0, 0.1) is 0 Å². The van der Waals surface area contributed by atoms with Crippen molar-refractivity contribution in [3.8, 4) is 0 Å². The second-order valence-electron chi connectivity index (χ2n) is 3.69. The molecule has 4 nitrogen and oxygen atoms in total. The van der Waals surface area contributed by atoms with Gasteiger partial charge in [-0.2, -0.15) is 0 Å². The van der Waals surface area contributed by atoms with Gasteiger partial charge < -0.3 is 14.6 Å². The predicted molar refractivity (Wildman–Crippen MR) is 43.5 cm³/mol. The average Bonchev–Trinajstić information content (AvgIpc) is 1.80. The van der Waals surface area contributed by atoms with Gasteiger partial charge in [-0.15, -0.1) is 0 Å². The van der Waals surface area contributed by atoms with Crippen molar-refractivity contribution in [2.45, 2.75) is 39.1 Å². The quantitative estimate of drug-likeness (QED) is 0.496. The molecule has 0 saturated carbocycles. The molecule has 0 aromatic rings. The van der Waals surface area contributed by atoms with Crippen LogP contribution in [-0.2, 0) is 14.3 Å². The lowest BCUT2D eigenvalue weighted by Crippen LogP contribution is -2.44. The van der Waals surface area contributed by atoms with Crippen LogP contribution in [0.1, 0.15) is 27.7 Å². The van der Waals surface area contributed by atoms with E-state index >= 15 is 0 Å². The molecule has 0 aromatic carbocycles. The Morgan fingerprint density at radius 3 is 1.92 bits per heavy atom. The van der Waals surface area contributed by atoms with Gasteiger partial charge in [0.15, 0.2) is 0 Å². The summed E-state index contributed by atoms with van der Waals surface area (Å²) < 4.78 is 9.41. The Bertz CT molecular complexity index is 166. The minimum absolute atomic E-state index is 0.586. The molecule has 0 heterocycles. The molecule has 72 valence electrons. The number of esters is 1. The lowest BCUT2D eigenvalue weighted by Gasteiger charge is -2.29. The minimum Gasteiger partial charge on any atom is -0.465 e. The van der Waals surface area contributed by atoms with Gasteiger partial charge in [0.1, 0.15) is 0 Å². The van der Waals surface area contributed by atoms with E-state index < -0.39 is 17.4 Å². The van der Waals surface area contributed by atoms with Crippen LogP contribution in [0.2, 0.25) is 0 Å². The Kier molecular flexibility index (Phi) is 3.24. The molecule has 0 aliphatic heterocycles. The molecule has 1 N–H and O–H groups in total. The van der Waals surface area contributed by atoms with Crippen molar-refractivity contribution in [2.24, 2.45) is 0 Å². The van der Waals surface area contributed by atoms with Crippen molar-refractivity contribution in [2.75, 3.05) is 7.11 Å². The monoisotopic (exact) mass is 176 g/mol. The van der Waals surface area contributed by atoms with E-state index in [0.717, 1.165) is 0 Å². The maximum absolute atomic E-state index is 10.9. The van der Waals surface area contributed by atoms with Gasteiger partial charge in [-0.1, -0.05) is 0 Å². The summed E-state index contributed by atoms with van der Waals surface area (Å²) >= 11 is 0. The van der Waals surface area contributed by atoms with E-state index in [0.29, 0.717) is 0 Å². The van der Waals surface area contributed by atoms with Crippen LogP contribution in [0.3, 0.4) is 0 Å². The molecule has 0 fully saturated rings. The van der Waals surface area contributed by atoms with Gasteiger partial charge in [0.25, 0.3) is 5.79 Å². The Balaban J connectivity index is 4.32. The van der Waals surface area contributed by atoms with Crippen molar-refractivity contribution >= 4 is 5.97 Å². The maximum atomic E-state index is 10.9. The summed E-state index contributed by atoms with van der Waals surface area (Å²) in [7, 11) is 1.20. The largest absolute Gasteiger partial charge is 0.465 e. The second kappa shape index (κ2) is 3.41. The van der Waals surface area contributed by atoms with E-state index in [-0.39, 0.29) is 0 Å². The summed E-state index contributed by atoms with van der Waals surface area (Å²) in [6.07, 6.45) is 0. The topological polar surface area (TPSA) is 55.8 Å². The molecule has 0 spiro atoms. The van der Waals surface area contributed by atoms with Gasteiger partial charge in [-0.3, -0.25) is 0 Å². The molecule has 0 bridgehead atoms. The summed E-state index contributed by atoms with van der Waals surface area (Å²) in [5.74, 6) is -2.66. The zero-order chi connectivity index (χ0) is 9.99. The first-order valence-corrected chi connectivity index (χ1v) is 3.70. The maximum Gasteiger partial charge on any atom is 0.366 e. The van der Waals surface area contributed by atoms with Gasteiger partial charge in [-0.25, -0.2) is 4.79 Å². The Hall–Kier alpha value is -0.610. The lowest BCUT2D eigenvalue weighted by molar-refractivity contribution is -0.249. The van der Waals surface area contributed by atoms with Gasteiger partial charge in [-0.05, 0) is 20.8 Å². The van der Waals surface area contributed by atoms with Gasteiger partial charge >= 0.3 is 5.97 Å². The van der Waals surface area contributed by atoms with Crippen molar-refractivity contribution in [3.63, 3.8) is 0 Å². The standard InChI is InChI=1S/C8H16O4/c1-7(2,3)12-8(4,10)6(9)11-5/h10H,1-5H3. The first kappa shape index (κ1) is 11.4. The predicted octanol–water partition coefficient (Wildman–Crippen LogP) is 0.683. The van der Waals surface area contributed by atoms with Crippen LogP contribution in [-0.4, -0.2) is 29.6 Å². The molecule has 0 aromatic heterocycles. The normalized spacial score (nSPS) is 16.8. The van der Waals surface area contributed by atoms with E-state index in [2.05, 4.69) is 4.74 Å². The first-order chi connectivity index (χ1) is 5.19. The van der Waals surface area contributed by atoms with E-state index in [1.807, 2.05) is 0 Å². The SMILES string of the molecule is COC(=O)C(C)(O)OC(C)(C)C. The van der Waals surface area contributed by atoms with Crippen LogP contribution in [0.5, 0.6) is 0 Å². The summed E-state index contributed by atoms with van der Waals surface area (Å²) in [4.78, 5) is 10.9. The second-order valence-corrected chi connectivity index (χ2v) is 3.69. The number of methoxy groups -OCH3 is 1. The fourth-order valence-electron chi connectivity index (χ4n) is 0.827. The number of aliphatic hydroxyl groups is 1. The van der Waals surface area contributed by atoms with Crippen molar-refractivity contribution in [1.29, 1.82) is 0 Å². The average molecular weight is 176 g/mol. The third-order valence-corrected chi connectivity index (χ3v) is 1.07. The fraction of sp³-hybridized carbons (Fsp3) is 0.875. The third kappa shape index (κ3) is 3.69. The number of ether oxygens (including phenoxy) is 2. The molecule has 0 radical (unpaired) electrons. The number of rotatable bonds is 2. The number of hydrogen-bond acceptors (Lipinski definition) is 4. The van der Waals surface area contributed by atoms with Crippen LogP contribution < -0.4 is 0 Å². The molecule has 0 aliphatic carbocycles. The van der Waals surface area contributed by atoms with Crippen molar-refractivity contribution < 1.29 is 19.4 Å². The number of carbonyl (C=O) groups is 1. The van der Waals surface area contributed by atoms with Gasteiger partial charge in [0, 0.05) is 6.92 Å². The van der Waals surface area contributed by atoms with Gasteiger partial charge in [0.05, 0.1) is 12.7 Å². The zero-order valence-corrected chi connectivity index (χ0v) is 8.17. The molecular formula is C8H16O4. The molecule has 0 rings (SSSR count). The molecule has 4 heteroatoms. The van der Waals surface area contributed by atoms with Crippen LogP contribution in [0.15, 0.2) is 0 Å². The van der Waals surface area contributed by atoms with Gasteiger partial charge in [0.2, 0.25) is 0 Å². The van der Waals surface area contributed by atoms with E-state index in [1.165, 1.54) is 14.0 Å². The summed E-state index contributed by atoms with van der Waals surface area (Å²) in [6, 6.07) is 0. The Morgan fingerprint density at radius 2 is 1.67 bits per heavy atom.